The second-order valence-electron chi connectivity index (χ2n) is 6.90. The number of aromatic nitrogens is 2. The number of amides is 1. The topological polar surface area (TPSA) is 70.2 Å². The van der Waals surface area contributed by atoms with Gasteiger partial charge in [0.25, 0.3) is 0 Å². The molecule has 4 rings (SSSR count). The van der Waals surface area contributed by atoms with Crippen LogP contribution in [-0.2, 0) is 16.0 Å². The second-order valence-corrected chi connectivity index (χ2v) is 7.33. The number of halogens is 1. The molecule has 0 radical (unpaired) electrons. The molecule has 0 saturated carbocycles. The van der Waals surface area contributed by atoms with E-state index < -0.39 is 0 Å². The van der Waals surface area contributed by atoms with Gasteiger partial charge in [-0.1, -0.05) is 18.0 Å². The van der Waals surface area contributed by atoms with Crippen molar-refractivity contribution in [2.75, 3.05) is 26.3 Å². The van der Waals surface area contributed by atoms with E-state index in [0.717, 1.165) is 24.1 Å². The van der Waals surface area contributed by atoms with Crippen molar-refractivity contribution in [3.05, 3.63) is 29.0 Å². The summed E-state index contributed by atoms with van der Waals surface area (Å²) in [5.41, 5.74) is 1.67. The molecule has 2 aromatic rings. The predicted molar refractivity (Wildman–Crippen MR) is 96.8 cm³/mol. The quantitative estimate of drug-likeness (QED) is 0.874. The standard InChI is InChI=1S/C18H23ClN4O2/c19-12-4-5-13-14(8-12)21-17(20-13)9-18(24)22-15-10-25-11-16(15)23-6-2-1-3-7-23/h4-5,8,15-16H,1-3,6-7,9-11H2,(H,20,21)(H,22,24)/t15-,16-/m0/s1. The first-order valence-corrected chi connectivity index (χ1v) is 9.32. The molecule has 6 nitrogen and oxygen atoms in total. The molecule has 2 N–H and O–H groups in total. The Morgan fingerprint density at radius 2 is 2.16 bits per heavy atom. The first-order valence-electron chi connectivity index (χ1n) is 8.94. The van der Waals surface area contributed by atoms with Crippen LogP contribution < -0.4 is 5.32 Å². The number of imidazole rings is 1. The highest BCUT2D eigenvalue weighted by Gasteiger charge is 2.34. The molecular formula is C18H23ClN4O2. The minimum atomic E-state index is -0.0253. The van der Waals surface area contributed by atoms with Crippen LogP contribution in [0.5, 0.6) is 0 Å². The molecule has 25 heavy (non-hydrogen) atoms. The smallest absolute Gasteiger partial charge is 0.227 e. The van der Waals surface area contributed by atoms with Gasteiger partial charge in [-0.2, -0.15) is 0 Å². The summed E-state index contributed by atoms with van der Waals surface area (Å²) in [5, 5.41) is 3.79. The summed E-state index contributed by atoms with van der Waals surface area (Å²) in [4.78, 5) is 22.6. The van der Waals surface area contributed by atoms with Crippen molar-refractivity contribution in [2.24, 2.45) is 0 Å². The number of benzene rings is 1. The molecule has 2 aliphatic heterocycles. The van der Waals surface area contributed by atoms with Crippen LogP contribution in [0.1, 0.15) is 25.1 Å². The molecule has 1 amide bonds. The molecule has 0 aliphatic carbocycles. The molecule has 2 aliphatic rings. The number of hydrogen-bond donors (Lipinski definition) is 2. The van der Waals surface area contributed by atoms with Gasteiger partial charge in [-0.15, -0.1) is 0 Å². The zero-order chi connectivity index (χ0) is 17.2. The van der Waals surface area contributed by atoms with Crippen molar-refractivity contribution in [1.29, 1.82) is 0 Å². The summed E-state index contributed by atoms with van der Waals surface area (Å²) in [6.45, 7) is 3.49. The van der Waals surface area contributed by atoms with Crippen LogP contribution in [0.15, 0.2) is 18.2 Å². The molecule has 2 atom stereocenters. The van der Waals surface area contributed by atoms with Gasteiger partial charge in [0.2, 0.25) is 5.91 Å². The van der Waals surface area contributed by atoms with E-state index in [9.17, 15) is 4.79 Å². The number of H-pyrrole nitrogens is 1. The van der Waals surface area contributed by atoms with Gasteiger partial charge >= 0.3 is 0 Å². The van der Waals surface area contributed by atoms with Gasteiger partial charge in [-0.3, -0.25) is 9.69 Å². The summed E-state index contributed by atoms with van der Waals surface area (Å²) in [6.07, 6.45) is 4.00. The van der Waals surface area contributed by atoms with Crippen LogP contribution in [-0.4, -0.2) is 59.2 Å². The van der Waals surface area contributed by atoms with Gasteiger partial charge < -0.3 is 15.0 Å². The Morgan fingerprint density at radius 1 is 1.32 bits per heavy atom. The zero-order valence-electron chi connectivity index (χ0n) is 14.1. The number of nitrogens with zero attached hydrogens (tertiary/aromatic N) is 2. The lowest BCUT2D eigenvalue weighted by molar-refractivity contribution is -0.121. The Balaban J connectivity index is 1.38. The summed E-state index contributed by atoms with van der Waals surface area (Å²) in [7, 11) is 0. The Labute approximate surface area is 151 Å². The van der Waals surface area contributed by atoms with Crippen LogP contribution in [0, 0.1) is 0 Å². The number of carbonyl (C=O) groups is 1. The van der Waals surface area contributed by atoms with Crippen molar-refractivity contribution in [3.8, 4) is 0 Å². The molecular weight excluding hydrogens is 340 g/mol. The maximum absolute atomic E-state index is 12.5. The van der Waals surface area contributed by atoms with Crippen LogP contribution in [0.4, 0.5) is 0 Å². The third-order valence-electron chi connectivity index (χ3n) is 5.08. The SMILES string of the molecule is O=C(Cc1nc2ccc(Cl)cc2[nH]1)N[C@H]1COC[C@@H]1N1CCCCC1. The molecule has 0 bridgehead atoms. The van der Waals surface area contributed by atoms with Gasteiger partial charge in [0.1, 0.15) is 5.82 Å². The average molecular weight is 363 g/mol. The van der Waals surface area contributed by atoms with Crippen molar-refractivity contribution >= 4 is 28.5 Å². The number of likely N-dealkylation sites (tertiary alicyclic amines) is 1. The normalized spacial score (nSPS) is 24.7. The number of rotatable bonds is 4. The number of aromatic amines is 1. The number of nitrogens with one attached hydrogen (secondary N) is 2. The predicted octanol–water partition coefficient (Wildman–Crippen LogP) is 2.13. The lowest BCUT2D eigenvalue weighted by atomic mass is 10.0. The monoisotopic (exact) mass is 362 g/mol. The number of fused-ring (bicyclic) bond motifs is 1. The first-order chi connectivity index (χ1) is 12.2. The van der Waals surface area contributed by atoms with Crippen LogP contribution >= 0.6 is 11.6 Å². The summed E-state index contributed by atoms with van der Waals surface area (Å²) < 4.78 is 5.64. The van der Waals surface area contributed by atoms with E-state index in [0.29, 0.717) is 30.1 Å². The average Bonchev–Trinajstić information content (AvgIpc) is 3.21. The van der Waals surface area contributed by atoms with Crippen molar-refractivity contribution in [2.45, 2.75) is 37.8 Å². The second kappa shape index (κ2) is 7.32. The minimum Gasteiger partial charge on any atom is -0.378 e. The van der Waals surface area contributed by atoms with Gasteiger partial charge in [0.15, 0.2) is 0 Å². The Bertz CT molecular complexity index is 757. The van der Waals surface area contributed by atoms with Crippen molar-refractivity contribution in [1.82, 2.24) is 20.2 Å². The highest BCUT2D eigenvalue weighted by Crippen LogP contribution is 2.20. The molecule has 0 spiro atoms. The van der Waals surface area contributed by atoms with Crippen molar-refractivity contribution in [3.63, 3.8) is 0 Å². The Morgan fingerprint density at radius 3 is 3.00 bits per heavy atom. The fraction of sp³-hybridized carbons (Fsp3) is 0.556. The number of hydrogen-bond acceptors (Lipinski definition) is 4. The fourth-order valence-electron chi connectivity index (χ4n) is 3.82. The fourth-order valence-corrected chi connectivity index (χ4v) is 3.99. The highest BCUT2D eigenvalue weighted by atomic mass is 35.5. The maximum Gasteiger partial charge on any atom is 0.227 e. The lowest BCUT2D eigenvalue weighted by Gasteiger charge is -2.34. The molecule has 134 valence electrons. The van der Waals surface area contributed by atoms with E-state index in [2.05, 4.69) is 20.2 Å². The van der Waals surface area contributed by atoms with Crippen LogP contribution in [0.2, 0.25) is 5.02 Å². The van der Waals surface area contributed by atoms with E-state index in [1.54, 1.807) is 6.07 Å². The van der Waals surface area contributed by atoms with E-state index in [1.165, 1.54) is 19.3 Å². The lowest BCUT2D eigenvalue weighted by Crippen LogP contribution is -2.52. The Hall–Kier alpha value is -1.63. The maximum atomic E-state index is 12.5. The van der Waals surface area contributed by atoms with Gasteiger partial charge in [0.05, 0.1) is 42.8 Å². The number of piperidine rings is 1. The van der Waals surface area contributed by atoms with E-state index in [4.69, 9.17) is 16.3 Å². The van der Waals surface area contributed by atoms with Crippen molar-refractivity contribution < 1.29 is 9.53 Å². The van der Waals surface area contributed by atoms with E-state index in [-0.39, 0.29) is 18.4 Å². The molecule has 0 unspecified atom stereocenters. The molecule has 2 fully saturated rings. The summed E-state index contributed by atoms with van der Waals surface area (Å²) >= 11 is 5.99. The molecule has 7 heteroatoms. The van der Waals surface area contributed by atoms with Gasteiger partial charge in [-0.05, 0) is 44.1 Å². The van der Waals surface area contributed by atoms with E-state index >= 15 is 0 Å². The Kier molecular flexibility index (Phi) is 4.92. The minimum absolute atomic E-state index is 0.0253. The number of carbonyl (C=O) groups excluding carboxylic acids is 1. The highest BCUT2D eigenvalue weighted by molar-refractivity contribution is 6.31. The van der Waals surface area contributed by atoms with Gasteiger partial charge in [0, 0.05) is 5.02 Å². The first kappa shape index (κ1) is 16.8. The van der Waals surface area contributed by atoms with Crippen LogP contribution in [0.3, 0.4) is 0 Å². The summed E-state index contributed by atoms with van der Waals surface area (Å²) in [5.74, 6) is 0.630. The third-order valence-corrected chi connectivity index (χ3v) is 5.31. The van der Waals surface area contributed by atoms with Crippen LogP contribution in [0.25, 0.3) is 11.0 Å². The zero-order valence-corrected chi connectivity index (χ0v) is 14.9. The summed E-state index contributed by atoms with van der Waals surface area (Å²) in [6, 6.07) is 5.83. The largest absolute Gasteiger partial charge is 0.378 e. The van der Waals surface area contributed by atoms with E-state index in [1.807, 2.05) is 12.1 Å². The molecule has 2 saturated heterocycles. The molecule has 1 aromatic carbocycles. The number of ether oxygens (including phenoxy) is 1. The van der Waals surface area contributed by atoms with Gasteiger partial charge in [-0.25, -0.2) is 4.98 Å². The third kappa shape index (κ3) is 3.81. The molecule has 1 aromatic heterocycles. The molecule has 3 heterocycles.